The van der Waals surface area contributed by atoms with Crippen molar-refractivity contribution in [1.29, 1.82) is 0 Å². The zero-order valence-corrected chi connectivity index (χ0v) is 18.0. The number of aromatic nitrogens is 5. The molecule has 1 aliphatic carbocycles. The second kappa shape index (κ2) is 7.13. The number of H-pyrrole nitrogens is 1. The van der Waals surface area contributed by atoms with Crippen LogP contribution in [-0.2, 0) is 13.0 Å². The highest BCUT2D eigenvalue weighted by Crippen LogP contribution is 2.39. The maximum Gasteiger partial charge on any atom is 0.259 e. The van der Waals surface area contributed by atoms with Crippen LogP contribution in [0.3, 0.4) is 0 Å². The summed E-state index contributed by atoms with van der Waals surface area (Å²) in [5.74, 6) is -0.00175. The highest BCUT2D eigenvalue weighted by Gasteiger charge is 2.38. The Labute approximate surface area is 185 Å². The first-order valence-corrected chi connectivity index (χ1v) is 11.4. The molecule has 1 atom stereocenters. The number of aromatic amines is 1. The fourth-order valence-electron chi connectivity index (χ4n) is 4.14. The van der Waals surface area contributed by atoms with Crippen LogP contribution in [0.15, 0.2) is 30.7 Å². The highest BCUT2D eigenvalue weighted by atomic mass is 35.5. The van der Waals surface area contributed by atoms with E-state index in [0.29, 0.717) is 40.1 Å². The van der Waals surface area contributed by atoms with Crippen molar-refractivity contribution in [3.8, 4) is 0 Å². The van der Waals surface area contributed by atoms with Crippen molar-refractivity contribution < 1.29 is 9.18 Å². The van der Waals surface area contributed by atoms with Crippen molar-refractivity contribution in [3.05, 3.63) is 63.7 Å². The van der Waals surface area contributed by atoms with Crippen LogP contribution in [0.5, 0.6) is 0 Å². The quantitative estimate of drug-likeness (QED) is 0.499. The van der Waals surface area contributed by atoms with Gasteiger partial charge >= 0.3 is 0 Å². The number of thiazole rings is 1. The maximum absolute atomic E-state index is 14.3. The number of amides is 1. The Morgan fingerprint density at radius 3 is 3.03 bits per heavy atom. The van der Waals surface area contributed by atoms with E-state index in [1.807, 2.05) is 6.07 Å². The lowest BCUT2D eigenvalue weighted by Gasteiger charge is -2.33. The first-order chi connectivity index (χ1) is 15.1. The molecular formula is C21H18ClFN6OS. The van der Waals surface area contributed by atoms with Crippen molar-refractivity contribution in [3.63, 3.8) is 0 Å². The molecule has 3 aromatic heterocycles. The molecule has 0 radical (unpaired) electrons. The van der Waals surface area contributed by atoms with Gasteiger partial charge in [-0.05, 0) is 30.9 Å². The molecule has 1 aromatic carbocycles. The van der Waals surface area contributed by atoms with Gasteiger partial charge in [-0.15, -0.1) is 11.3 Å². The number of para-hydroxylation sites is 1. The van der Waals surface area contributed by atoms with Gasteiger partial charge in [-0.2, -0.15) is 5.10 Å². The number of imidazole rings is 1. The Bertz CT molecular complexity index is 1310. The third kappa shape index (κ3) is 3.14. The number of carbonyl (C=O) groups is 1. The molecule has 1 saturated carbocycles. The third-order valence-corrected chi connectivity index (χ3v) is 7.41. The summed E-state index contributed by atoms with van der Waals surface area (Å²) >= 11 is 7.91. The van der Waals surface area contributed by atoms with Crippen LogP contribution in [0.25, 0.3) is 10.2 Å². The molecule has 1 N–H and O–H groups in total. The fourth-order valence-corrected chi connectivity index (χ4v) is 5.48. The summed E-state index contributed by atoms with van der Waals surface area (Å²) in [6.07, 6.45) is 6.15. The fraction of sp³-hybridized carbons (Fsp3) is 0.333. The van der Waals surface area contributed by atoms with E-state index in [1.165, 1.54) is 30.2 Å². The van der Waals surface area contributed by atoms with E-state index < -0.39 is 6.04 Å². The summed E-state index contributed by atoms with van der Waals surface area (Å²) in [6, 6.07) is 4.38. The average molecular weight is 457 g/mol. The van der Waals surface area contributed by atoms with Gasteiger partial charge in [0.25, 0.3) is 5.91 Å². The van der Waals surface area contributed by atoms with Gasteiger partial charge < -0.3 is 9.88 Å². The summed E-state index contributed by atoms with van der Waals surface area (Å²) in [5, 5.41) is 5.33. The molecule has 0 bridgehead atoms. The lowest BCUT2D eigenvalue weighted by Crippen LogP contribution is -2.40. The molecule has 1 amide bonds. The molecule has 0 spiro atoms. The molecule has 4 heterocycles. The van der Waals surface area contributed by atoms with Gasteiger partial charge in [-0.3, -0.25) is 9.48 Å². The lowest BCUT2D eigenvalue weighted by atomic mass is 10.0. The van der Waals surface area contributed by atoms with Crippen LogP contribution in [0.2, 0.25) is 5.15 Å². The van der Waals surface area contributed by atoms with E-state index in [0.717, 1.165) is 22.6 Å². The molecule has 10 heteroatoms. The van der Waals surface area contributed by atoms with Gasteiger partial charge in [0.15, 0.2) is 0 Å². The zero-order chi connectivity index (χ0) is 21.1. The first kappa shape index (κ1) is 18.9. The SMILES string of the molecule is O=C(c1cnn(CC2CC2)c1Cl)N1CCc2[nH]cnc2[C@H]1c1nc2c(F)cccc2s1. The number of hydrogen-bond acceptors (Lipinski definition) is 5. The summed E-state index contributed by atoms with van der Waals surface area (Å²) in [7, 11) is 0. The second-order valence-corrected chi connectivity index (χ2v) is 9.45. The van der Waals surface area contributed by atoms with Crippen molar-refractivity contribution in [2.24, 2.45) is 5.92 Å². The molecule has 4 aromatic rings. The standard InChI is InChI=1S/C21H18ClFN6OS/c22-19-12(8-26-29(19)9-11-4-5-11)21(30)28-7-6-14-17(25-10-24-14)18(28)20-27-16-13(23)2-1-3-15(16)31-20/h1-3,8,10-11,18H,4-7,9H2,(H,24,25)/t18-/m0/s1. The van der Waals surface area contributed by atoms with E-state index in [1.54, 1.807) is 28.2 Å². The van der Waals surface area contributed by atoms with Gasteiger partial charge in [-0.25, -0.2) is 14.4 Å². The van der Waals surface area contributed by atoms with E-state index in [-0.39, 0.29) is 11.7 Å². The highest BCUT2D eigenvalue weighted by molar-refractivity contribution is 7.18. The molecule has 0 saturated heterocycles. The molecule has 7 nitrogen and oxygen atoms in total. The van der Waals surface area contributed by atoms with Crippen LogP contribution >= 0.6 is 22.9 Å². The number of halogens is 2. The molecule has 1 fully saturated rings. The minimum Gasteiger partial charge on any atom is -0.348 e. The number of benzene rings is 1. The van der Waals surface area contributed by atoms with Crippen molar-refractivity contribution in [2.45, 2.75) is 31.8 Å². The minimum atomic E-state index is -0.512. The topological polar surface area (TPSA) is 79.7 Å². The van der Waals surface area contributed by atoms with E-state index in [2.05, 4.69) is 20.1 Å². The number of nitrogens with zero attached hydrogens (tertiary/aromatic N) is 5. The normalized spacial score (nSPS) is 18.5. The molecule has 31 heavy (non-hydrogen) atoms. The van der Waals surface area contributed by atoms with Gasteiger partial charge in [0, 0.05) is 25.2 Å². The van der Waals surface area contributed by atoms with Gasteiger partial charge in [-0.1, -0.05) is 17.7 Å². The Morgan fingerprint density at radius 2 is 2.23 bits per heavy atom. The molecule has 0 unspecified atom stereocenters. The van der Waals surface area contributed by atoms with Gasteiger partial charge in [0.1, 0.15) is 27.5 Å². The van der Waals surface area contributed by atoms with Crippen LogP contribution in [0.1, 0.15) is 45.6 Å². The number of nitrogens with one attached hydrogen (secondary N) is 1. The van der Waals surface area contributed by atoms with Crippen molar-refractivity contribution in [2.75, 3.05) is 6.54 Å². The molecular weight excluding hydrogens is 439 g/mol. The molecule has 1 aliphatic heterocycles. The van der Waals surface area contributed by atoms with Gasteiger partial charge in [0.05, 0.1) is 28.5 Å². The largest absolute Gasteiger partial charge is 0.348 e. The summed E-state index contributed by atoms with van der Waals surface area (Å²) < 4.78 is 16.7. The molecule has 2 aliphatic rings. The number of hydrogen-bond donors (Lipinski definition) is 1. The monoisotopic (exact) mass is 456 g/mol. The smallest absolute Gasteiger partial charge is 0.259 e. The van der Waals surface area contributed by atoms with Crippen LogP contribution < -0.4 is 0 Å². The first-order valence-electron chi connectivity index (χ1n) is 10.2. The molecule has 6 rings (SSSR count). The van der Waals surface area contributed by atoms with Crippen LogP contribution in [-0.4, -0.2) is 42.1 Å². The Kier molecular flexibility index (Phi) is 4.36. The average Bonchev–Trinajstić information content (AvgIpc) is 3.14. The zero-order valence-electron chi connectivity index (χ0n) is 16.4. The Balaban J connectivity index is 1.42. The molecule has 158 valence electrons. The van der Waals surface area contributed by atoms with Crippen LogP contribution in [0, 0.1) is 11.7 Å². The Morgan fingerprint density at radius 1 is 1.35 bits per heavy atom. The van der Waals surface area contributed by atoms with E-state index in [9.17, 15) is 9.18 Å². The lowest BCUT2D eigenvalue weighted by molar-refractivity contribution is 0.0690. The van der Waals surface area contributed by atoms with Gasteiger partial charge in [0.2, 0.25) is 0 Å². The number of carbonyl (C=O) groups excluding carboxylic acids is 1. The van der Waals surface area contributed by atoms with E-state index in [4.69, 9.17) is 11.6 Å². The van der Waals surface area contributed by atoms with E-state index >= 15 is 0 Å². The minimum absolute atomic E-state index is 0.217. The van der Waals surface area contributed by atoms with Crippen molar-refractivity contribution in [1.82, 2.24) is 29.6 Å². The summed E-state index contributed by atoms with van der Waals surface area (Å²) in [4.78, 5) is 27.5. The summed E-state index contributed by atoms with van der Waals surface area (Å²) in [6.45, 7) is 1.21. The Hall–Kier alpha value is -2.78. The van der Waals surface area contributed by atoms with Crippen molar-refractivity contribution >= 4 is 39.1 Å². The van der Waals surface area contributed by atoms with Crippen LogP contribution in [0.4, 0.5) is 4.39 Å². The second-order valence-electron chi connectivity index (χ2n) is 8.03. The maximum atomic E-state index is 14.3. The third-order valence-electron chi connectivity index (χ3n) is 5.94. The predicted octanol–water partition coefficient (Wildman–Crippen LogP) is 4.21. The number of fused-ring (bicyclic) bond motifs is 2. The number of rotatable bonds is 4. The predicted molar refractivity (Wildman–Crippen MR) is 115 cm³/mol. The summed E-state index contributed by atoms with van der Waals surface area (Å²) in [5.41, 5.74) is 2.39.